The normalized spacial score (nSPS) is 11.0. The topological polar surface area (TPSA) is 107 Å². The van der Waals surface area contributed by atoms with Crippen LogP contribution in [0.4, 0.5) is 11.4 Å². The van der Waals surface area contributed by atoms with Crippen molar-refractivity contribution in [3.63, 3.8) is 0 Å². The maximum absolute atomic E-state index is 13.5. The third-order valence-corrected chi connectivity index (χ3v) is 7.51. The molecular formula is C25H26N4O5S2. The number of carbonyl (C=O) groups is 2. The van der Waals surface area contributed by atoms with Crippen LogP contribution in [0.3, 0.4) is 0 Å². The number of ether oxygens (including phenoxy) is 1. The molecule has 4 aromatic rings. The number of nitrogens with one attached hydrogen (secondary N) is 1. The van der Waals surface area contributed by atoms with E-state index in [1.54, 1.807) is 26.0 Å². The molecule has 188 valence electrons. The summed E-state index contributed by atoms with van der Waals surface area (Å²) in [6.07, 6.45) is 1.53. The number of anilines is 2. The van der Waals surface area contributed by atoms with E-state index in [9.17, 15) is 14.4 Å². The predicted molar refractivity (Wildman–Crippen MR) is 143 cm³/mol. The van der Waals surface area contributed by atoms with Gasteiger partial charge in [-0.3, -0.25) is 14.2 Å². The molecular weight excluding hydrogens is 500 g/mol. The zero-order valence-electron chi connectivity index (χ0n) is 20.4. The van der Waals surface area contributed by atoms with Crippen molar-refractivity contribution in [3.8, 4) is 0 Å². The number of rotatable bonds is 9. The van der Waals surface area contributed by atoms with E-state index in [4.69, 9.17) is 9.15 Å². The van der Waals surface area contributed by atoms with E-state index in [2.05, 4.69) is 10.3 Å². The number of fused-ring (bicyclic) bond motifs is 1. The van der Waals surface area contributed by atoms with Gasteiger partial charge in [-0.05, 0) is 55.8 Å². The van der Waals surface area contributed by atoms with Crippen LogP contribution in [-0.4, -0.2) is 47.9 Å². The van der Waals surface area contributed by atoms with Crippen molar-refractivity contribution in [1.82, 2.24) is 9.55 Å². The summed E-state index contributed by atoms with van der Waals surface area (Å²) >= 11 is 2.26. The molecule has 0 saturated heterocycles. The van der Waals surface area contributed by atoms with Gasteiger partial charge >= 0.3 is 5.97 Å². The number of esters is 1. The Bertz CT molecular complexity index is 1440. The Morgan fingerprint density at radius 2 is 1.97 bits per heavy atom. The van der Waals surface area contributed by atoms with Crippen LogP contribution in [0, 0.1) is 6.92 Å². The monoisotopic (exact) mass is 526 g/mol. The lowest BCUT2D eigenvalue weighted by Gasteiger charge is -2.13. The van der Waals surface area contributed by atoms with Crippen LogP contribution in [-0.2, 0) is 16.1 Å². The summed E-state index contributed by atoms with van der Waals surface area (Å²) in [5.41, 5.74) is 1.93. The molecule has 1 amide bonds. The van der Waals surface area contributed by atoms with E-state index in [0.29, 0.717) is 37.3 Å². The maximum atomic E-state index is 13.5. The van der Waals surface area contributed by atoms with Gasteiger partial charge < -0.3 is 19.4 Å². The van der Waals surface area contributed by atoms with Gasteiger partial charge in [-0.2, -0.15) is 0 Å². The maximum Gasteiger partial charge on any atom is 0.348 e. The fraction of sp³-hybridized carbons (Fsp3) is 0.280. The van der Waals surface area contributed by atoms with E-state index in [1.165, 1.54) is 10.8 Å². The van der Waals surface area contributed by atoms with Gasteiger partial charge in [0.1, 0.15) is 15.5 Å². The lowest BCUT2D eigenvalue weighted by Crippen LogP contribution is -2.24. The molecule has 0 aliphatic carbocycles. The summed E-state index contributed by atoms with van der Waals surface area (Å²) < 4.78 is 12.1. The fourth-order valence-electron chi connectivity index (χ4n) is 3.57. The van der Waals surface area contributed by atoms with Crippen molar-refractivity contribution >= 4 is 56.6 Å². The average molecular weight is 527 g/mol. The highest BCUT2D eigenvalue weighted by molar-refractivity contribution is 7.99. The summed E-state index contributed by atoms with van der Waals surface area (Å²) in [5, 5.41) is 3.59. The second-order valence-electron chi connectivity index (χ2n) is 8.10. The Morgan fingerprint density at radius 3 is 2.61 bits per heavy atom. The highest BCUT2D eigenvalue weighted by Crippen LogP contribution is 2.30. The Morgan fingerprint density at radius 1 is 1.22 bits per heavy atom. The Hall–Kier alpha value is -3.57. The molecule has 0 fully saturated rings. The number of thiophene rings is 1. The molecule has 9 nitrogen and oxygen atoms in total. The molecule has 0 atom stereocenters. The van der Waals surface area contributed by atoms with Gasteiger partial charge in [-0.1, -0.05) is 11.8 Å². The van der Waals surface area contributed by atoms with Crippen molar-refractivity contribution in [2.75, 3.05) is 36.7 Å². The Kier molecular flexibility index (Phi) is 7.80. The summed E-state index contributed by atoms with van der Waals surface area (Å²) in [7, 11) is 3.89. The third kappa shape index (κ3) is 5.47. The average Bonchev–Trinajstić information content (AvgIpc) is 3.48. The van der Waals surface area contributed by atoms with Gasteiger partial charge in [0.15, 0.2) is 5.16 Å². The van der Waals surface area contributed by atoms with E-state index in [-0.39, 0.29) is 30.4 Å². The number of hydrogen-bond donors (Lipinski definition) is 1. The number of furan rings is 1. The number of carbonyl (C=O) groups excluding carboxylic acids is 2. The van der Waals surface area contributed by atoms with Gasteiger partial charge in [0.2, 0.25) is 5.91 Å². The number of benzene rings is 1. The van der Waals surface area contributed by atoms with Crippen LogP contribution in [0.25, 0.3) is 10.2 Å². The predicted octanol–water partition coefficient (Wildman–Crippen LogP) is 4.38. The smallest absolute Gasteiger partial charge is 0.348 e. The molecule has 0 radical (unpaired) electrons. The van der Waals surface area contributed by atoms with Crippen LogP contribution in [0.1, 0.15) is 27.9 Å². The zero-order valence-corrected chi connectivity index (χ0v) is 22.0. The first-order valence-corrected chi connectivity index (χ1v) is 13.0. The molecule has 0 unspecified atom stereocenters. The number of aromatic nitrogens is 2. The number of aryl methyl sites for hydroxylation is 1. The van der Waals surface area contributed by atoms with Gasteiger partial charge in [0.05, 0.1) is 30.6 Å². The Balaban J connectivity index is 1.62. The second-order valence-corrected chi connectivity index (χ2v) is 10.0. The molecule has 0 aliphatic heterocycles. The standard InChI is InChI=1S/C25H26N4O5S2/c1-5-33-24(32)21-15(2)20-22(36-21)27-25(29(23(20)31)13-18-7-6-12-34-18)35-14-19(30)26-16-8-10-17(11-9-16)28(3)4/h6-12H,5,13-14H2,1-4H3,(H,26,30). The van der Waals surface area contributed by atoms with E-state index in [0.717, 1.165) is 28.8 Å². The minimum absolute atomic E-state index is 0.0423. The summed E-state index contributed by atoms with van der Waals surface area (Å²) in [5.74, 6) is -0.0976. The van der Waals surface area contributed by atoms with E-state index >= 15 is 0 Å². The van der Waals surface area contributed by atoms with Gasteiger partial charge in [-0.25, -0.2) is 9.78 Å². The number of hydrogen-bond acceptors (Lipinski definition) is 9. The summed E-state index contributed by atoms with van der Waals surface area (Å²) in [6.45, 7) is 3.82. The van der Waals surface area contributed by atoms with Crippen molar-refractivity contribution in [2.45, 2.75) is 25.5 Å². The quantitative estimate of drug-likeness (QED) is 0.195. The largest absolute Gasteiger partial charge is 0.467 e. The molecule has 1 aromatic carbocycles. The summed E-state index contributed by atoms with van der Waals surface area (Å²) in [4.78, 5) is 46.0. The molecule has 36 heavy (non-hydrogen) atoms. The molecule has 0 spiro atoms. The van der Waals surface area contributed by atoms with Crippen LogP contribution in [0.5, 0.6) is 0 Å². The minimum Gasteiger partial charge on any atom is -0.467 e. The van der Waals surface area contributed by atoms with Gasteiger partial charge in [0.25, 0.3) is 5.56 Å². The molecule has 3 heterocycles. The number of nitrogens with zero attached hydrogens (tertiary/aromatic N) is 3. The Labute approximate surface area is 216 Å². The van der Waals surface area contributed by atoms with Crippen LogP contribution in [0.2, 0.25) is 0 Å². The third-order valence-electron chi connectivity index (χ3n) is 5.37. The van der Waals surface area contributed by atoms with E-state index in [1.807, 2.05) is 43.3 Å². The molecule has 4 rings (SSSR count). The first-order chi connectivity index (χ1) is 17.3. The van der Waals surface area contributed by atoms with Crippen molar-refractivity contribution < 1.29 is 18.7 Å². The number of amides is 1. The zero-order chi connectivity index (χ0) is 25.8. The molecule has 0 saturated carbocycles. The van der Waals surface area contributed by atoms with Gasteiger partial charge in [0, 0.05) is 25.5 Å². The lowest BCUT2D eigenvalue weighted by atomic mass is 10.2. The van der Waals surface area contributed by atoms with Crippen LogP contribution < -0.4 is 15.8 Å². The highest BCUT2D eigenvalue weighted by Gasteiger charge is 2.23. The first-order valence-electron chi connectivity index (χ1n) is 11.2. The van der Waals surface area contributed by atoms with Crippen LogP contribution in [0.15, 0.2) is 57.0 Å². The molecule has 1 N–H and O–H groups in total. The van der Waals surface area contributed by atoms with Crippen molar-refractivity contribution in [1.29, 1.82) is 0 Å². The van der Waals surface area contributed by atoms with E-state index < -0.39 is 5.97 Å². The van der Waals surface area contributed by atoms with Gasteiger partial charge in [-0.15, -0.1) is 11.3 Å². The summed E-state index contributed by atoms with van der Waals surface area (Å²) in [6, 6.07) is 11.0. The molecule has 3 aromatic heterocycles. The van der Waals surface area contributed by atoms with Crippen molar-refractivity contribution in [3.05, 3.63) is 69.2 Å². The van der Waals surface area contributed by atoms with Crippen LogP contribution >= 0.6 is 23.1 Å². The lowest BCUT2D eigenvalue weighted by molar-refractivity contribution is -0.113. The molecule has 0 aliphatic rings. The SMILES string of the molecule is CCOC(=O)c1sc2nc(SCC(=O)Nc3ccc(N(C)C)cc3)n(Cc3ccco3)c(=O)c2c1C. The highest BCUT2D eigenvalue weighted by atomic mass is 32.2. The fourth-order valence-corrected chi connectivity index (χ4v) is 5.48. The van der Waals surface area contributed by atoms with Crippen molar-refractivity contribution in [2.24, 2.45) is 0 Å². The second kappa shape index (κ2) is 11.0. The minimum atomic E-state index is -0.483. The molecule has 0 bridgehead atoms. The number of thioether (sulfide) groups is 1. The first kappa shape index (κ1) is 25.5. The molecule has 11 heteroatoms.